The highest BCUT2D eigenvalue weighted by atomic mass is 16.9. The first kappa shape index (κ1) is 16.6. The molecule has 6 heterocycles. The Morgan fingerprint density at radius 3 is 1.23 bits per heavy atom. The molecule has 26 heavy (non-hydrogen) atoms. The molecule has 9 nitrogen and oxygen atoms in total. The Balaban J connectivity index is 1.23. The van der Waals surface area contributed by atoms with Gasteiger partial charge in [-0.1, -0.05) is 0 Å². The van der Waals surface area contributed by atoms with E-state index in [4.69, 9.17) is 42.6 Å². The van der Waals surface area contributed by atoms with E-state index in [9.17, 15) is 0 Å². The zero-order chi connectivity index (χ0) is 17.3. The summed E-state index contributed by atoms with van der Waals surface area (Å²) < 4.78 is 52.5. The van der Waals surface area contributed by atoms with E-state index < -0.39 is 5.97 Å². The summed E-state index contributed by atoms with van der Waals surface area (Å²) in [6.07, 6.45) is -1.19. The molecular formula is C17H24O9. The van der Waals surface area contributed by atoms with Gasteiger partial charge in [0.15, 0.2) is 0 Å². The maximum Gasteiger partial charge on any atom is 0.281 e. The van der Waals surface area contributed by atoms with Crippen molar-refractivity contribution in [2.75, 3.05) is 39.6 Å². The Hall–Kier alpha value is -0.360. The van der Waals surface area contributed by atoms with Gasteiger partial charge in [-0.2, -0.15) is 0 Å². The van der Waals surface area contributed by atoms with E-state index in [1.807, 2.05) is 0 Å². The van der Waals surface area contributed by atoms with E-state index in [1.54, 1.807) is 6.92 Å². The average Bonchev–Trinajstić information content (AvgIpc) is 3.42. The predicted molar refractivity (Wildman–Crippen MR) is 81.5 cm³/mol. The minimum atomic E-state index is -1.08. The van der Waals surface area contributed by atoms with Crippen LogP contribution in [0.15, 0.2) is 0 Å². The SMILES string of the molecule is CC12OC3C(OCC4CO4)C(O1)C(OCC1CO1)C(O2)C3OCC1CO1. The van der Waals surface area contributed by atoms with Crippen LogP contribution in [0.3, 0.4) is 0 Å². The topological polar surface area (TPSA) is 93.0 Å². The lowest BCUT2D eigenvalue weighted by molar-refractivity contribution is -0.536. The maximum absolute atomic E-state index is 6.14. The van der Waals surface area contributed by atoms with Crippen LogP contribution < -0.4 is 0 Å². The molecule has 7 fully saturated rings. The molecular weight excluding hydrogens is 348 g/mol. The van der Waals surface area contributed by atoms with Gasteiger partial charge in [-0.25, -0.2) is 0 Å². The second-order valence-electron chi connectivity index (χ2n) is 7.87. The van der Waals surface area contributed by atoms with E-state index in [1.165, 1.54) is 0 Å². The standard InChI is InChI=1S/C17H24O9/c1-17-24-14-11(21-5-8-2-18-8)15(25-17)13(23-7-10-4-20-10)16(26-17)12(14)22-6-9-3-19-9/h8-16H,2-7H2,1H3. The zero-order valence-electron chi connectivity index (χ0n) is 14.6. The molecule has 6 saturated heterocycles. The normalized spacial score (nSPS) is 56.0. The number of rotatable bonds is 9. The molecule has 7 aliphatic rings. The van der Waals surface area contributed by atoms with Crippen LogP contribution >= 0.6 is 0 Å². The molecule has 9 heteroatoms. The fourth-order valence-electron chi connectivity index (χ4n) is 4.07. The first-order chi connectivity index (χ1) is 12.7. The van der Waals surface area contributed by atoms with Crippen molar-refractivity contribution in [3.05, 3.63) is 0 Å². The third-order valence-corrected chi connectivity index (χ3v) is 5.62. The molecule has 0 radical (unpaired) electrons. The van der Waals surface area contributed by atoms with Crippen LogP contribution in [-0.2, 0) is 42.6 Å². The summed E-state index contributed by atoms with van der Waals surface area (Å²) in [7, 11) is 0. The molecule has 0 amide bonds. The molecule has 0 N–H and O–H groups in total. The summed E-state index contributed by atoms with van der Waals surface area (Å²) >= 11 is 0. The Labute approximate surface area is 151 Å². The molecule has 1 saturated carbocycles. The Morgan fingerprint density at radius 1 is 0.654 bits per heavy atom. The first-order valence-corrected chi connectivity index (χ1v) is 9.42. The van der Waals surface area contributed by atoms with E-state index in [2.05, 4.69) is 0 Å². The third-order valence-electron chi connectivity index (χ3n) is 5.62. The maximum atomic E-state index is 6.14. The number of ether oxygens (including phenoxy) is 9. The van der Waals surface area contributed by atoms with Gasteiger partial charge >= 0.3 is 0 Å². The predicted octanol–water partition coefficient (Wildman–Crippen LogP) is -0.791. The highest BCUT2D eigenvalue weighted by Crippen LogP contribution is 2.48. The van der Waals surface area contributed by atoms with Crippen molar-refractivity contribution in [2.24, 2.45) is 0 Å². The van der Waals surface area contributed by atoms with Gasteiger partial charge < -0.3 is 42.6 Å². The van der Waals surface area contributed by atoms with Crippen molar-refractivity contribution in [2.45, 2.75) is 67.8 Å². The van der Waals surface area contributed by atoms with Gasteiger partial charge in [-0.15, -0.1) is 0 Å². The zero-order valence-corrected chi connectivity index (χ0v) is 14.6. The van der Waals surface area contributed by atoms with Crippen LogP contribution in [0.1, 0.15) is 6.92 Å². The number of epoxide rings is 3. The van der Waals surface area contributed by atoms with E-state index in [0.717, 1.165) is 19.8 Å². The fourth-order valence-corrected chi connectivity index (χ4v) is 4.07. The van der Waals surface area contributed by atoms with Gasteiger partial charge in [-0.3, -0.25) is 0 Å². The summed E-state index contributed by atoms with van der Waals surface area (Å²) in [5.41, 5.74) is 0. The first-order valence-electron chi connectivity index (χ1n) is 9.42. The van der Waals surface area contributed by atoms with Crippen LogP contribution in [0.5, 0.6) is 0 Å². The highest BCUT2D eigenvalue weighted by Gasteiger charge is 2.67. The van der Waals surface area contributed by atoms with E-state index in [0.29, 0.717) is 19.8 Å². The molecule has 0 aromatic rings. The van der Waals surface area contributed by atoms with Crippen LogP contribution in [-0.4, -0.2) is 101 Å². The van der Waals surface area contributed by atoms with Crippen molar-refractivity contribution in [1.29, 1.82) is 0 Å². The van der Waals surface area contributed by atoms with Gasteiger partial charge in [0.1, 0.15) is 54.9 Å². The van der Waals surface area contributed by atoms with E-state index >= 15 is 0 Å². The van der Waals surface area contributed by atoms with Gasteiger partial charge in [0.2, 0.25) is 0 Å². The fraction of sp³-hybridized carbons (Fsp3) is 1.00. The Bertz CT molecular complexity index is 460. The smallest absolute Gasteiger partial charge is 0.281 e. The number of hydrogen-bond acceptors (Lipinski definition) is 9. The average molecular weight is 372 g/mol. The largest absolute Gasteiger partial charge is 0.371 e. The minimum Gasteiger partial charge on any atom is -0.371 e. The van der Waals surface area contributed by atoms with Crippen LogP contribution in [0.2, 0.25) is 0 Å². The molecule has 1 aliphatic carbocycles. The molecule has 4 bridgehead atoms. The Kier molecular flexibility index (Phi) is 3.87. The van der Waals surface area contributed by atoms with Gasteiger partial charge in [0.25, 0.3) is 5.97 Å². The summed E-state index contributed by atoms with van der Waals surface area (Å²) in [6, 6.07) is 0. The minimum absolute atomic E-state index is 0.164. The Morgan fingerprint density at radius 2 is 0.962 bits per heavy atom. The highest BCUT2D eigenvalue weighted by molar-refractivity contribution is 5.09. The van der Waals surface area contributed by atoms with Crippen molar-refractivity contribution in [3.8, 4) is 0 Å². The summed E-state index contributed by atoms with van der Waals surface area (Å²) in [6.45, 7) is 5.57. The molecule has 3 unspecified atom stereocenters. The monoisotopic (exact) mass is 372 g/mol. The van der Waals surface area contributed by atoms with E-state index in [-0.39, 0.29) is 54.9 Å². The van der Waals surface area contributed by atoms with Gasteiger partial charge in [0, 0.05) is 6.92 Å². The van der Waals surface area contributed by atoms with Crippen LogP contribution in [0.4, 0.5) is 0 Å². The lowest BCUT2D eigenvalue weighted by atomic mass is 9.81. The second-order valence-corrected chi connectivity index (χ2v) is 7.87. The quantitative estimate of drug-likeness (QED) is 0.483. The van der Waals surface area contributed by atoms with Crippen LogP contribution in [0.25, 0.3) is 0 Å². The molecule has 3 atom stereocenters. The third kappa shape index (κ3) is 3.09. The molecule has 0 aromatic carbocycles. The molecule has 146 valence electrons. The lowest BCUT2D eigenvalue weighted by Gasteiger charge is -2.62. The van der Waals surface area contributed by atoms with Crippen molar-refractivity contribution < 1.29 is 42.6 Å². The summed E-state index contributed by atoms with van der Waals surface area (Å²) in [5.74, 6) is -1.08. The number of hydrogen-bond donors (Lipinski definition) is 0. The molecule has 0 aromatic heterocycles. The molecule has 6 aliphatic heterocycles. The van der Waals surface area contributed by atoms with Crippen molar-refractivity contribution in [1.82, 2.24) is 0 Å². The van der Waals surface area contributed by atoms with Gasteiger partial charge in [-0.05, 0) is 0 Å². The van der Waals surface area contributed by atoms with Crippen molar-refractivity contribution >= 4 is 0 Å². The van der Waals surface area contributed by atoms with Gasteiger partial charge in [0.05, 0.1) is 39.6 Å². The lowest BCUT2D eigenvalue weighted by Crippen LogP contribution is -2.79. The van der Waals surface area contributed by atoms with Crippen molar-refractivity contribution in [3.63, 3.8) is 0 Å². The molecule has 0 spiro atoms. The summed E-state index contributed by atoms with van der Waals surface area (Å²) in [4.78, 5) is 0. The molecule has 7 rings (SSSR count). The summed E-state index contributed by atoms with van der Waals surface area (Å²) in [5, 5.41) is 0. The second kappa shape index (κ2) is 6.07. The van der Waals surface area contributed by atoms with Crippen LogP contribution in [0, 0.1) is 0 Å².